The number of carboxylic acids is 1. The number of benzene rings is 1. The topological polar surface area (TPSA) is 77.8 Å². The number of aliphatic hydroxyl groups is 1. The Morgan fingerprint density at radius 3 is 2.57 bits per heavy atom. The van der Waals surface area contributed by atoms with Crippen LogP contribution in [-0.4, -0.2) is 21.3 Å². The molecule has 0 heterocycles. The van der Waals surface area contributed by atoms with E-state index < -0.39 is 23.6 Å². The molecule has 1 aromatic carbocycles. The smallest absolute Gasteiger partial charge is 0.337 e. The highest BCUT2D eigenvalue weighted by Crippen LogP contribution is 2.31. The SMILES string of the molecule is O=C(O)C(O)c1ccc(O)c(F)c1Br. The van der Waals surface area contributed by atoms with Crippen molar-refractivity contribution in [1.29, 1.82) is 0 Å². The average Bonchev–Trinajstić information content (AvgIpc) is 2.13. The largest absolute Gasteiger partial charge is 0.505 e. The van der Waals surface area contributed by atoms with Crippen LogP contribution in [0, 0.1) is 5.82 Å². The third kappa shape index (κ3) is 1.85. The van der Waals surface area contributed by atoms with Crippen LogP contribution in [0.3, 0.4) is 0 Å². The van der Waals surface area contributed by atoms with Gasteiger partial charge in [0.05, 0.1) is 4.47 Å². The molecule has 0 aliphatic heterocycles. The van der Waals surface area contributed by atoms with E-state index in [-0.39, 0.29) is 10.0 Å². The third-order valence-corrected chi connectivity index (χ3v) is 2.43. The molecule has 0 aliphatic rings. The molecule has 0 saturated carbocycles. The Hall–Kier alpha value is -1.14. The maximum atomic E-state index is 13.0. The van der Waals surface area contributed by atoms with Crippen molar-refractivity contribution >= 4 is 21.9 Å². The summed E-state index contributed by atoms with van der Waals surface area (Å²) in [7, 11) is 0. The summed E-state index contributed by atoms with van der Waals surface area (Å²) in [5, 5.41) is 26.5. The second kappa shape index (κ2) is 3.93. The number of aromatic hydroxyl groups is 1. The van der Waals surface area contributed by atoms with E-state index in [0.29, 0.717) is 0 Å². The van der Waals surface area contributed by atoms with Gasteiger partial charge in [0, 0.05) is 5.56 Å². The molecule has 0 aliphatic carbocycles. The fraction of sp³-hybridized carbons (Fsp3) is 0.125. The molecule has 1 aromatic rings. The van der Waals surface area contributed by atoms with Crippen molar-refractivity contribution in [3.05, 3.63) is 28.0 Å². The molecule has 0 radical (unpaired) electrons. The van der Waals surface area contributed by atoms with Crippen LogP contribution in [0.4, 0.5) is 4.39 Å². The van der Waals surface area contributed by atoms with Crippen molar-refractivity contribution in [3.63, 3.8) is 0 Å². The number of phenols is 1. The minimum absolute atomic E-state index is 0.146. The summed E-state index contributed by atoms with van der Waals surface area (Å²) >= 11 is 2.74. The van der Waals surface area contributed by atoms with Crippen molar-refractivity contribution in [2.24, 2.45) is 0 Å². The number of aliphatic hydroxyl groups excluding tert-OH is 1. The van der Waals surface area contributed by atoms with Gasteiger partial charge in [-0.3, -0.25) is 0 Å². The lowest BCUT2D eigenvalue weighted by Gasteiger charge is -2.09. The summed E-state index contributed by atoms with van der Waals surface area (Å²) in [6, 6.07) is 2.10. The first kappa shape index (κ1) is 10.9. The van der Waals surface area contributed by atoms with E-state index in [9.17, 15) is 9.18 Å². The van der Waals surface area contributed by atoms with E-state index >= 15 is 0 Å². The standard InChI is InChI=1S/C8H6BrFO4/c9-5-3(7(12)8(13)14)1-2-4(11)6(5)10/h1-2,7,11-12H,(H,13,14). The van der Waals surface area contributed by atoms with Gasteiger partial charge >= 0.3 is 5.97 Å². The number of phenolic OH excluding ortho intramolecular Hbond substituents is 1. The predicted octanol–water partition coefficient (Wildman–Crippen LogP) is 1.41. The molecule has 0 amide bonds. The van der Waals surface area contributed by atoms with Gasteiger partial charge in [-0.25, -0.2) is 9.18 Å². The highest BCUT2D eigenvalue weighted by Gasteiger charge is 2.21. The lowest BCUT2D eigenvalue weighted by molar-refractivity contribution is -0.147. The number of aliphatic carboxylic acids is 1. The molecule has 1 unspecified atom stereocenters. The van der Waals surface area contributed by atoms with Crippen LogP contribution in [0.2, 0.25) is 0 Å². The normalized spacial score (nSPS) is 12.5. The first-order chi connectivity index (χ1) is 6.45. The zero-order valence-corrected chi connectivity index (χ0v) is 8.32. The summed E-state index contributed by atoms with van der Waals surface area (Å²) < 4.78 is 12.8. The Labute approximate surface area is 86.7 Å². The van der Waals surface area contributed by atoms with Crippen molar-refractivity contribution in [3.8, 4) is 5.75 Å². The number of hydrogen-bond acceptors (Lipinski definition) is 3. The van der Waals surface area contributed by atoms with Gasteiger partial charge in [-0.1, -0.05) is 6.07 Å². The summed E-state index contributed by atoms with van der Waals surface area (Å²) in [5.74, 6) is -3.10. The van der Waals surface area contributed by atoms with E-state index in [4.69, 9.17) is 15.3 Å². The van der Waals surface area contributed by atoms with Crippen molar-refractivity contribution in [2.45, 2.75) is 6.10 Å². The highest BCUT2D eigenvalue weighted by molar-refractivity contribution is 9.10. The van der Waals surface area contributed by atoms with Gasteiger partial charge in [-0.2, -0.15) is 0 Å². The molecule has 76 valence electrons. The van der Waals surface area contributed by atoms with Crippen LogP contribution in [0.1, 0.15) is 11.7 Å². The zero-order chi connectivity index (χ0) is 10.9. The molecule has 0 bridgehead atoms. The fourth-order valence-corrected chi connectivity index (χ4v) is 1.45. The molecule has 1 atom stereocenters. The van der Waals surface area contributed by atoms with Gasteiger partial charge in [-0.15, -0.1) is 0 Å². The van der Waals surface area contributed by atoms with E-state index in [1.54, 1.807) is 0 Å². The average molecular weight is 265 g/mol. The summed E-state index contributed by atoms with van der Waals surface area (Å²) in [4.78, 5) is 10.4. The van der Waals surface area contributed by atoms with Gasteiger partial charge in [0.15, 0.2) is 17.7 Å². The molecule has 1 rings (SSSR count). The molecule has 0 aromatic heterocycles. The molecular weight excluding hydrogens is 259 g/mol. The molecule has 4 nitrogen and oxygen atoms in total. The van der Waals surface area contributed by atoms with E-state index in [1.165, 1.54) is 0 Å². The molecule has 14 heavy (non-hydrogen) atoms. The third-order valence-electron chi connectivity index (χ3n) is 1.62. The lowest BCUT2D eigenvalue weighted by Crippen LogP contribution is -2.11. The molecule has 0 spiro atoms. The quantitative estimate of drug-likeness (QED) is 0.755. The Morgan fingerprint density at radius 2 is 2.07 bits per heavy atom. The Balaban J connectivity index is 3.24. The highest BCUT2D eigenvalue weighted by atomic mass is 79.9. The molecule has 3 N–H and O–H groups in total. The maximum Gasteiger partial charge on any atom is 0.337 e. The summed E-state index contributed by atoms with van der Waals surface area (Å²) in [6.07, 6.45) is -1.82. The van der Waals surface area contributed by atoms with Crippen LogP contribution in [0.5, 0.6) is 5.75 Å². The minimum Gasteiger partial charge on any atom is -0.505 e. The van der Waals surface area contributed by atoms with E-state index in [0.717, 1.165) is 12.1 Å². The van der Waals surface area contributed by atoms with Gasteiger partial charge in [-0.05, 0) is 22.0 Å². The number of hydrogen-bond donors (Lipinski definition) is 3. The van der Waals surface area contributed by atoms with Gasteiger partial charge in [0.25, 0.3) is 0 Å². The summed E-state index contributed by atoms with van der Waals surface area (Å²) in [5.41, 5.74) is -0.146. The van der Waals surface area contributed by atoms with Gasteiger partial charge < -0.3 is 15.3 Å². The number of carbonyl (C=O) groups is 1. The lowest BCUT2D eigenvalue weighted by atomic mass is 10.1. The number of halogens is 2. The number of rotatable bonds is 2. The van der Waals surface area contributed by atoms with Crippen LogP contribution < -0.4 is 0 Å². The molecule has 6 heteroatoms. The predicted molar refractivity (Wildman–Crippen MR) is 48.4 cm³/mol. The molecular formula is C8H6BrFO4. The van der Waals surface area contributed by atoms with Crippen LogP contribution >= 0.6 is 15.9 Å². The molecule has 0 fully saturated rings. The molecule has 0 saturated heterocycles. The second-order valence-corrected chi connectivity index (χ2v) is 3.34. The summed E-state index contributed by atoms with van der Waals surface area (Å²) in [6.45, 7) is 0. The van der Waals surface area contributed by atoms with Crippen LogP contribution in [0.15, 0.2) is 16.6 Å². The minimum atomic E-state index is -1.82. The van der Waals surface area contributed by atoms with Crippen molar-refractivity contribution in [1.82, 2.24) is 0 Å². The van der Waals surface area contributed by atoms with Gasteiger partial charge in [0.2, 0.25) is 0 Å². The van der Waals surface area contributed by atoms with E-state index in [1.807, 2.05) is 0 Å². The van der Waals surface area contributed by atoms with Crippen molar-refractivity contribution in [2.75, 3.05) is 0 Å². The zero-order valence-electron chi connectivity index (χ0n) is 6.74. The van der Waals surface area contributed by atoms with Crippen LogP contribution in [0.25, 0.3) is 0 Å². The van der Waals surface area contributed by atoms with Crippen molar-refractivity contribution < 1.29 is 24.5 Å². The van der Waals surface area contributed by atoms with Gasteiger partial charge in [0.1, 0.15) is 0 Å². The first-order valence-corrected chi connectivity index (χ1v) is 4.32. The Morgan fingerprint density at radius 1 is 1.50 bits per heavy atom. The monoisotopic (exact) mass is 264 g/mol. The van der Waals surface area contributed by atoms with Crippen LogP contribution in [-0.2, 0) is 4.79 Å². The Bertz CT molecular complexity index is 380. The first-order valence-electron chi connectivity index (χ1n) is 3.53. The Kier molecular flexibility index (Phi) is 3.07. The maximum absolute atomic E-state index is 13.0. The fourth-order valence-electron chi connectivity index (χ4n) is 0.898. The second-order valence-electron chi connectivity index (χ2n) is 2.54. The van der Waals surface area contributed by atoms with E-state index in [2.05, 4.69) is 15.9 Å². The number of carboxylic acid groups (broad SMARTS) is 1.